The summed E-state index contributed by atoms with van der Waals surface area (Å²) in [7, 11) is 1.71. The summed E-state index contributed by atoms with van der Waals surface area (Å²) in [5, 5.41) is 3.26. The molecule has 0 aromatic rings. The van der Waals surface area contributed by atoms with Gasteiger partial charge in [-0.2, -0.15) is 0 Å². The van der Waals surface area contributed by atoms with Crippen LogP contribution in [-0.2, 0) is 4.74 Å². The molecule has 0 aromatic carbocycles. The third-order valence-corrected chi connectivity index (χ3v) is 1.71. The van der Waals surface area contributed by atoms with Crippen molar-refractivity contribution in [3.8, 4) is 0 Å². The van der Waals surface area contributed by atoms with Gasteiger partial charge in [-0.25, -0.2) is 0 Å². The second kappa shape index (κ2) is 7.32. The van der Waals surface area contributed by atoms with Crippen molar-refractivity contribution >= 4 is 11.6 Å². The summed E-state index contributed by atoms with van der Waals surface area (Å²) in [6.45, 7) is 3.88. The van der Waals surface area contributed by atoms with Crippen molar-refractivity contribution in [1.29, 1.82) is 0 Å². The Hall–Kier alpha value is 0.210. The molecule has 0 aliphatic heterocycles. The normalized spacial score (nSPS) is 13.5. The highest BCUT2D eigenvalue weighted by Gasteiger charge is 1.95. The van der Waals surface area contributed by atoms with Crippen LogP contribution < -0.4 is 5.32 Å². The van der Waals surface area contributed by atoms with E-state index >= 15 is 0 Å². The molecular formula is C7H16ClNO. The van der Waals surface area contributed by atoms with Gasteiger partial charge in [-0.1, -0.05) is 0 Å². The van der Waals surface area contributed by atoms with Crippen LogP contribution in [0.15, 0.2) is 0 Å². The highest BCUT2D eigenvalue weighted by molar-refractivity contribution is 6.18. The Balaban J connectivity index is 2.89. The van der Waals surface area contributed by atoms with Gasteiger partial charge in [0, 0.05) is 25.6 Å². The summed E-state index contributed by atoms with van der Waals surface area (Å²) >= 11 is 5.57. The number of ether oxygens (including phenoxy) is 1. The minimum absolute atomic E-state index is 0.415. The van der Waals surface area contributed by atoms with Crippen LogP contribution in [0.4, 0.5) is 0 Å². The zero-order valence-electron chi connectivity index (χ0n) is 6.69. The topological polar surface area (TPSA) is 21.3 Å². The van der Waals surface area contributed by atoms with Crippen LogP contribution in [0.25, 0.3) is 0 Å². The molecule has 62 valence electrons. The standard InChI is InChI=1S/C7H16ClNO/c1-7(6-8)9-4-3-5-10-2/h7,9H,3-6H2,1-2H3. The molecule has 1 atom stereocenters. The van der Waals surface area contributed by atoms with Crippen LogP contribution in [0.3, 0.4) is 0 Å². The first-order valence-electron chi connectivity index (χ1n) is 3.59. The van der Waals surface area contributed by atoms with Crippen molar-refractivity contribution in [1.82, 2.24) is 5.32 Å². The van der Waals surface area contributed by atoms with Gasteiger partial charge >= 0.3 is 0 Å². The summed E-state index contributed by atoms with van der Waals surface area (Å²) in [6, 6.07) is 0.415. The van der Waals surface area contributed by atoms with Gasteiger partial charge in [-0.05, 0) is 19.9 Å². The molecular weight excluding hydrogens is 150 g/mol. The number of rotatable bonds is 6. The van der Waals surface area contributed by atoms with Crippen molar-refractivity contribution < 1.29 is 4.74 Å². The minimum atomic E-state index is 0.415. The van der Waals surface area contributed by atoms with Crippen LogP contribution >= 0.6 is 11.6 Å². The minimum Gasteiger partial charge on any atom is -0.385 e. The zero-order chi connectivity index (χ0) is 7.82. The Labute approximate surface area is 67.9 Å². The second-order valence-corrected chi connectivity index (χ2v) is 2.66. The lowest BCUT2D eigenvalue weighted by Gasteiger charge is -2.08. The van der Waals surface area contributed by atoms with Crippen LogP contribution in [0.5, 0.6) is 0 Å². The molecule has 0 heterocycles. The van der Waals surface area contributed by atoms with E-state index in [1.807, 2.05) is 0 Å². The molecule has 0 radical (unpaired) electrons. The van der Waals surface area contributed by atoms with Gasteiger partial charge in [-0.15, -0.1) is 11.6 Å². The van der Waals surface area contributed by atoms with E-state index in [1.54, 1.807) is 7.11 Å². The van der Waals surface area contributed by atoms with Gasteiger partial charge in [0.2, 0.25) is 0 Å². The van der Waals surface area contributed by atoms with Gasteiger partial charge in [0.1, 0.15) is 0 Å². The molecule has 0 aliphatic rings. The summed E-state index contributed by atoms with van der Waals surface area (Å²) in [4.78, 5) is 0. The Morgan fingerprint density at radius 3 is 2.80 bits per heavy atom. The molecule has 10 heavy (non-hydrogen) atoms. The lowest BCUT2D eigenvalue weighted by atomic mass is 10.3. The van der Waals surface area contributed by atoms with Crippen molar-refractivity contribution in [2.75, 3.05) is 26.1 Å². The third kappa shape index (κ3) is 6.33. The number of methoxy groups -OCH3 is 1. The lowest BCUT2D eigenvalue weighted by Crippen LogP contribution is -2.28. The van der Waals surface area contributed by atoms with E-state index in [-0.39, 0.29) is 0 Å². The van der Waals surface area contributed by atoms with Gasteiger partial charge in [0.15, 0.2) is 0 Å². The van der Waals surface area contributed by atoms with Gasteiger partial charge < -0.3 is 10.1 Å². The molecule has 3 heteroatoms. The Morgan fingerprint density at radius 2 is 2.30 bits per heavy atom. The smallest absolute Gasteiger partial charge is 0.0474 e. The lowest BCUT2D eigenvalue weighted by molar-refractivity contribution is 0.193. The van der Waals surface area contributed by atoms with Crippen LogP contribution in [0, 0.1) is 0 Å². The maximum atomic E-state index is 5.57. The van der Waals surface area contributed by atoms with E-state index in [2.05, 4.69) is 12.2 Å². The molecule has 0 fully saturated rings. The van der Waals surface area contributed by atoms with Gasteiger partial charge in [0.05, 0.1) is 0 Å². The Morgan fingerprint density at radius 1 is 1.60 bits per heavy atom. The highest BCUT2D eigenvalue weighted by Crippen LogP contribution is 1.86. The highest BCUT2D eigenvalue weighted by atomic mass is 35.5. The predicted octanol–water partition coefficient (Wildman–Crippen LogP) is 1.24. The van der Waals surface area contributed by atoms with Gasteiger partial charge in [-0.3, -0.25) is 0 Å². The third-order valence-electron chi connectivity index (χ3n) is 1.25. The monoisotopic (exact) mass is 165 g/mol. The fraction of sp³-hybridized carbons (Fsp3) is 1.00. The molecule has 0 aromatic heterocycles. The van der Waals surface area contributed by atoms with E-state index in [0.29, 0.717) is 11.9 Å². The molecule has 0 bridgehead atoms. The average molecular weight is 166 g/mol. The molecule has 1 unspecified atom stereocenters. The number of hydrogen-bond donors (Lipinski definition) is 1. The zero-order valence-corrected chi connectivity index (χ0v) is 7.45. The first kappa shape index (κ1) is 10.2. The Kier molecular flexibility index (Phi) is 7.47. The van der Waals surface area contributed by atoms with Crippen molar-refractivity contribution in [2.45, 2.75) is 19.4 Å². The molecule has 0 spiro atoms. The van der Waals surface area contributed by atoms with E-state index in [0.717, 1.165) is 19.6 Å². The molecule has 2 nitrogen and oxygen atoms in total. The number of nitrogens with one attached hydrogen (secondary N) is 1. The molecule has 0 amide bonds. The predicted molar refractivity (Wildman–Crippen MR) is 44.7 cm³/mol. The van der Waals surface area contributed by atoms with Crippen LogP contribution in [-0.4, -0.2) is 32.2 Å². The van der Waals surface area contributed by atoms with E-state index < -0.39 is 0 Å². The molecule has 0 aliphatic carbocycles. The maximum Gasteiger partial charge on any atom is 0.0474 e. The summed E-state index contributed by atoms with van der Waals surface area (Å²) in [5.74, 6) is 0.674. The molecule has 1 N–H and O–H groups in total. The van der Waals surface area contributed by atoms with Crippen molar-refractivity contribution in [3.05, 3.63) is 0 Å². The average Bonchev–Trinajstić information content (AvgIpc) is 1.98. The SMILES string of the molecule is COCCCNC(C)CCl. The maximum absolute atomic E-state index is 5.57. The number of alkyl halides is 1. The molecule has 0 saturated carbocycles. The summed E-state index contributed by atoms with van der Waals surface area (Å²) < 4.78 is 4.88. The van der Waals surface area contributed by atoms with Gasteiger partial charge in [0.25, 0.3) is 0 Å². The quantitative estimate of drug-likeness (QED) is 0.473. The fourth-order valence-electron chi connectivity index (χ4n) is 0.620. The van der Waals surface area contributed by atoms with E-state index in [4.69, 9.17) is 16.3 Å². The first-order valence-corrected chi connectivity index (χ1v) is 4.13. The first-order chi connectivity index (χ1) is 4.81. The second-order valence-electron chi connectivity index (χ2n) is 2.36. The summed E-state index contributed by atoms with van der Waals surface area (Å²) in [5.41, 5.74) is 0. The van der Waals surface area contributed by atoms with Crippen LogP contribution in [0.2, 0.25) is 0 Å². The number of hydrogen-bond acceptors (Lipinski definition) is 2. The molecule has 0 rings (SSSR count). The number of halogens is 1. The largest absolute Gasteiger partial charge is 0.385 e. The van der Waals surface area contributed by atoms with Crippen molar-refractivity contribution in [3.63, 3.8) is 0 Å². The molecule has 0 saturated heterocycles. The fourth-order valence-corrected chi connectivity index (χ4v) is 0.729. The van der Waals surface area contributed by atoms with Crippen molar-refractivity contribution in [2.24, 2.45) is 0 Å². The van der Waals surface area contributed by atoms with Crippen LogP contribution in [0.1, 0.15) is 13.3 Å². The van der Waals surface area contributed by atoms with E-state index in [1.165, 1.54) is 0 Å². The van der Waals surface area contributed by atoms with E-state index in [9.17, 15) is 0 Å². The Bertz CT molecular complexity index is 70.6. The summed E-state index contributed by atoms with van der Waals surface area (Å²) in [6.07, 6.45) is 1.05.